The number of aryl methyl sites for hydroxylation is 1. The van der Waals surface area contributed by atoms with Crippen LogP contribution in [0.2, 0.25) is 0 Å². The summed E-state index contributed by atoms with van der Waals surface area (Å²) in [7, 11) is 0. The monoisotopic (exact) mass is 350 g/mol. The Morgan fingerprint density at radius 1 is 1.42 bits per heavy atom. The highest BCUT2D eigenvalue weighted by Gasteiger charge is 2.21. The quantitative estimate of drug-likeness (QED) is 0.866. The van der Waals surface area contributed by atoms with Crippen LogP contribution in [0.3, 0.4) is 0 Å². The smallest absolute Gasteiger partial charge is 0.152 e. The van der Waals surface area contributed by atoms with E-state index in [1.165, 1.54) is 12.1 Å². The lowest BCUT2D eigenvalue weighted by Crippen LogP contribution is -2.38. The van der Waals surface area contributed by atoms with Gasteiger partial charge in [0.2, 0.25) is 0 Å². The second kappa shape index (κ2) is 8.09. The fourth-order valence-electron chi connectivity index (χ4n) is 2.98. The third-order valence-corrected chi connectivity index (χ3v) is 4.76. The molecular weight excluding hydrogens is 327 g/mol. The van der Waals surface area contributed by atoms with Crippen molar-refractivity contribution in [3.63, 3.8) is 0 Å². The van der Waals surface area contributed by atoms with E-state index in [9.17, 15) is 9.50 Å². The van der Waals surface area contributed by atoms with Crippen LogP contribution in [0.4, 0.5) is 4.39 Å². The molecule has 1 fully saturated rings. The zero-order valence-corrected chi connectivity index (χ0v) is 14.7. The molecule has 0 bridgehead atoms. The van der Waals surface area contributed by atoms with Gasteiger partial charge in [0.15, 0.2) is 5.82 Å². The van der Waals surface area contributed by atoms with Crippen molar-refractivity contribution in [3.05, 3.63) is 41.7 Å². The lowest BCUT2D eigenvalue weighted by molar-refractivity contribution is 0.0651. The predicted molar refractivity (Wildman–Crippen MR) is 93.9 cm³/mol. The van der Waals surface area contributed by atoms with Crippen molar-refractivity contribution in [1.82, 2.24) is 19.7 Å². The molecule has 7 heteroatoms. The number of hydrogen-bond donors (Lipinski definition) is 1. The number of likely N-dealkylation sites (tertiary alicyclic amines) is 1. The molecule has 24 heavy (non-hydrogen) atoms. The third kappa shape index (κ3) is 4.34. The molecule has 1 unspecified atom stereocenters. The number of hydrogen-bond acceptors (Lipinski definition) is 5. The maximum atomic E-state index is 13.6. The number of benzene rings is 1. The molecule has 1 aliphatic heterocycles. The average molecular weight is 350 g/mol. The molecule has 5 nitrogen and oxygen atoms in total. The molecule has 130 valence electrons. The third-order valence-electron chi connectivity index (χ3n) is 4.15. The zero-order chi connectivity index (χ0) is 16.9. The predicted octanol–water partition coefficient (Wildman–Crippen LogP) is 2.27. The first-order valence-electron chi connectivity index (χ1n) is 8.26. The Morgan fingerprint density at radius 3 is 3.04 bits per heavy atom. The lowest BCUT2D eigenvalue weighted by Gasteiger charge is -2.29. The number of halogens is 1. The van der Waals surface area contributed by atoms with E-state index < -0.39 is 0 Å². The van der Waals surface area contributed by atoms with Crippen molar-refractivity contribution in [3.8, 4) is 5.69 Å². The van der Waals surface area contributed by atoms with E-state index >= 15 is 0 Å². The summed E-state index contributed by atoms with van der Waals surface area (Å²) in [6.45, 7) is 2.20. The van der Waals surface area contributed by atoms with Crippen molar-refractivity contribution < 1.29 is 9.50 Å². The fourth-order valence-corrected chi connectivity index (χ4v) is 3.37. The van der Waals surface area contributed by atoms with E-state index in [0.29, 0.717) is 18.8 Å². The number of rotatable bonds is 6. The summed E-state index contributed by atoms with van der Waals surface area (Å²) in [5.41, 5.74) is 0.686. The molecule has 1 N–H and O–H groups in total. The molecule has 0 saturated carbocycles. The summed E-state index contributed by atoms with van der Waals surface area (Å²) >= 11 is 1.75. The summed E-state index contributed by atoms with van der Waals surface area (Å²) in [6, 6.07) is 6.42. The van der Waals surface area contributed by atoms with Crippen LogP contribution in [0, 0.1) is 5.82 Å². The Hall–Kier alpha value is -1.44. The Kier molecular flexibility index (Phi) is 5.86. The van der Waals surface area contributed by atoms with Crippen LogP contribution in [0.5, 0.6) is 0 Å². The van der Waals surface area contributed by atoms with Crippen LogP contribution in [-0.2, 0) is 13.0 Å². The molecule has 0 radical (unpaired) electrons. The van der Waals surface area contributed by atoms with E-state index in [1.807, 2.05) is 6.07 Å². The van der Waals surface area contributed by atoms with Crippen LogP contribution in [0.15, 0.2) is 24.3 Å². The number of thioether (sulfide) groups is 1. The lowest BCUT2D eigenvalue weighted by atomic mass is 10.1. The summed E-state index contributed by atoms with van der Waals surface area (Å²) in [4.78, 5) is 6.85. The second-order valence-corrected chi connectivity index (χ2v) is 7.10. The molecular formula is C17H23FN4OS. The molecule has 0 aliphatic carbocycles. The van der Waals surface area contributed by atoms with E-state index in [1.54, 1.807) is 22.5 Å². The van der Waals surface area contributed by atoms with Gasteiger partial charge in [-0.25, -0.2) is 14.1 Å². The Bertz CT molecular complexity index is 678. The van der Waals surface area contributed by atoms with Gasteiger partial charge >= 0.3 is 0 Å². The number of aromatic nitrogens is 3. The molecule has 2 aromatic rings. The minimum atomic E-state index is -0.284. The first-order valence-corrected chi connectivity index (χ1v) is 9.65. The van der Waals surface area contributed by atoms with E-state index in [4.69, 9.17) is 0 Å². The molecule has 1 aromatic heterocycles. The van der Waals surface area contributed by atoms with E-state index in [-0.39, 0.29) is 11.9 Å². The maximum absolute atomic E-state index is 13.6. The number of piperidine rings is 1. The minimum absolute atomic E-state index is 0.278. The first kappa shape index (κ1) is 17.4. The normalized spacial score (nSPS) is 18.9. The summed E-state index contributed by atoms with van der Waals surface area (Å²) < 4.78 is 15.3. The minimum Gasteiger partial charge on any atom is -0.392 e. The average Bonchev–Trinajstić information content (AvgIpc) is 2.96. The fraction of sp³-hybridized carbons (Fsp3) is 0.529. The number of aliphatic hydroxyl groups is 1. The molecule has 1 saturated heterocycles. The zero-order valence-electron chi connectivity index (χ0n) is 13.9. The van der Waals surface area contributed by atoms with Gasteiger partial charge in [-0.2, -0.15) is 16.9 Å². The van der Waals surface area contributed by atoms with E-state index in [2.05, 4.69) is 21.2 Å². The number of nitrogens with zero attached hydrogens (tertiary/aromatic N) is 4. The highest BCUT2D eigenvalue weighted by molar-refractivity contribution is 7.98. The molecule has 2 heterocycles. The van der Waals surface area contributed by atoms with Gasteiger partial charge < -0.3 is 5.11 Å². The Morgan fingerprint density at radius 2 is 2.29 bits per heavy atom. The topological polar surface area (TPSA) is 54.2 Å². The van der Waals surface area contributed by atoms with E-state index in [0.717, 1.165) is 43.2 Å². The number of aliphatic hydroxyl groups excluding tert-OH is 1. The standard InChI is InChI=1S/C17H23FN4OS/c1-24-9-7-16-19-17(12-21-8-3-6-15(23)11-21)22(20-16)14-5-2-4-13(18)10-14/h2,4-5,10,15,23H,3,6-9,11-12H2,1H3. The van der Waals surface area contributed by atoms with Gasteiger partial charge in [-0.15, -0.1) is 0 Å². The Balaban J connectivity index is 1.86. The SMILES string of the molecule is CSCCc1nc(CN2CCCC(O)C2)n(-c2cccc(F)c2)n1. The van der Waals surface area contributed by atoms with Gasteiger partial charge in [-0.1, -0.05) is 6.07 Å². The van der Waals surface area contributed by atoms with Crippen molar-refractivity contribution in [1.29, 1.82) is 0 Å². The first-order chi connectivity index (χ1) is 11.7. The number of β-amino-alcohol motifs (C(OH)–C–C–N with tert-alkyl or cyclic N) is 1. The molecule has 0 spiro atoms. The van der Waals surface area contributed by atoms with Crippen LogP contribution >= 0.6 is 11.8 Å². The van der Waals surface area contributed by atoms with Crippen molar-refractivity contribution >= 4 is 11.8 Å². The highest BCUT2D eigenvalue weighted by Crippen LogP contribution is 2.17. The molecule has 3 rings (SSSR count). The van der Waals surface area contributed by atoms with Gasteiger partial charge in [0.1, 0.15) is 11.6 Å². The molecule has 0 amide bonds. The molecule has 1 aliphatic rings. The van der Waals surface area contributed by atoms with Crippen LogP contribution < -0.4 is 0 Å². The largest absolute Gasteiger partial charge is 0.392 e. The maximum Gasteiger partial charge on any atom is 0.152 e. The van der Waals surface area contributed by atoms with Gasteiger partial charge in [0, 0.05) is 18.7 Å². The second-order valence-electron chi connectivity index (χ2n) is 6.11. The van der Waals surface area contributed by atoms with Crippen molar-refractivity contribution in [2.45, 2.75) is 31.9 Å². The molecule has 1 aromatic carbocycles. The van der Waals surface area contributed by atoms with Crippen molar-refractivity contribution in [2.75, 3.05) is 25.1 Å². The molecule has 1 atom stereocenters. The van der Waals surface area contributed by atoms with Crippen LogP contribution in [0.1, 0.15) is 24.5 Å². The van der Waals surface area contributed by atoms with Gasteiger partial charge in [-0.3, -0.25) is 4.90 Å². The summed E-state index contributed by atoms with van der Waals surface area (Å²) in [5.74, 6) is 2.25. The summed E-state index contributed by atoms with van der Waals surface area (Å²) in [6.07, 6.45) is 4.40. The van der Waals surface area contributed by atoms with Gasteiger partial charge in [0.05, 0.1) is 18.3 Å². The Labute approximate surface area is 145 Å². The highest BCUT2D eigenvalue weighted by atomic mass is 32.2. The summed E-state index contributed by atoms with van der Waals surface area (Å²) in [5, 5.41) is 14.4. The van der Waals surface area contributed by atoms with Crippen LogP contribution in [-0.4, -0.2) is 56.0 Å². The van der Waals surface area contributed by atoms with Crippen molar-refractivity contribution in [2.24, 2.45) is 0 Å². The van der Waals surface area contributed by atoms with Crippen LogP contribution in [0.25, 0.3) is 5.69 Å². The van der Waals surface area contributed by atoms with Gasteiger partial charge in [0.25, 0.3) is 0 Å². The van der Waals surface area contributed by atoms with Gasteiger partial charge in [-0.05, 0) is 43.8 Å².